The van der Waals surface area contributed by atoms with Crippen LogP contribution in [0.4, 0.5) is 5.69 Å². The van der Waals surface area contributed by atoms with Gasteiger partial charge < -0.3 is 5.73 Å². The number of rotatable bonds is 1. The van der Waals surface area contributed by atoms with Crippen LogP contribution in [0.25, 0.3) is 0 Å². The minimum Gasteiger partial charge on any atom is -0.378 e. The molecule has 0 fully saturated rings. The number of para-hydroxylation sites is 1. The first-order chi connectivity index (χ1) is 7.79. The fourth-order valence-corrected chi connectivity index (χ4v) is 1.68. The zero-order valence-corrected chi connectivity index (χ0v) is 9.94. The van der Waals surface area contributed by atoms with Crippen LogP contribution in [0.3, 0.4) is 0 Å². The molecule has 2 N–H and O–H groups in total. The number of hydrogen-bond acceptors (Lipinski definition) is 4. The first kappa shape index (κ1) is 11.0. The summed E-state index contributed by atoms with van der Waals surface area (Å²) in [5.74, 6) is 0.802. The molecule has 0 amide bonds. The van der Waals surface area contributed by atoms with Crippen molar-refractivity contribution in [1.82, 2.24) is 0 Å². The molecule has 0 aromatic heterocycles. The quantitative estimate of drug-likeness (QED) is 0.596. The third-order valence-corrected chi connectivity index (χ3v) is 2.80. The maximum Gasteiger partial charge on any atom is 0.160 e. The molecule has 0 saturated heterocycles. The number of hydrogen-bond donors (Lipinski definition) is 1. The lowest BCUT2D eigenvalue weighted by Gasteiger charge is -2.12. The predicted octanol–water partition coefficient (Wildman–Crippen LogP) is 1.89. The van der Waals surface area contributed by atoms with Gasteiger partial charge in [-0.3, -0.25) is 5.01 Å². The molecule has 0 radical (unpaired) electrons. The van der Waals surface area contributed by atoms with Crippen LogP contribution in [0.5, 0.6) is 0 Å². The Balaban J connectivity index is 2.12. The van der Waals surface area contributed by atoms with E-state index in [-0.39, 0.29) is 0 Å². The van der Waals surface area contributed by atoms with Crippen molar-refractivity contribution in [2.24, 2.45) is 15.8 Å². The molecule has 1 heterocycles. The van der Waals surface area contributed by atoms with E-state index in [9.17, 15) is 0 Å². The fourth-order valence-electron chi connectivity index (χ4n) is 1.48. The maximum absolute atomic E-state index is 5.65. The highest BCUT2D eigenvalue weighted by Crippen LogP contribution is 2.18. The Morgan fingerprint density at radius 3 is 2.88 bits per heavy atom. The molecular weight excluding hydrogens is 220 g/mol. The lowest BCUT2D eigenvalue weighted by Crippen LogP contribution is -2.11. The summed E-state index contributed by atoms with van der Waals surface area (Å²) in [5, 5.41) is 6.93. The van der Waals surface area contributed by atoms with Gasteiger partial charge in [-0.1, -0.05) is 30.0 Å². The van der Waals surface area contributed by atoms with Crippen molar-refractivity contribution in [2.75, 3.05) is 17.8 Å². The summed E-state index contributed by atoms with van der Waals surface area (Å²) in [4.78, 5) is 4.24. The zero-order valence-electron chi connectivity index (χ0n) is 9.13. The Bertz CT molecular complexity index is 413. The molecule has 0 atom stereocenters. The number of nitrogens with zero attached hydrogens (tertiary/aromatic N) is 3. The predicted molar refractivity (Wildman–Crippen MR) is 71.0 cm³/mol. The second-order valence-corrected chi connectivity index (χ2v) is 4.21. The van der Waals surface area contributed by atoms with E-state index in [1.54, 1.807) is 0 Å². The monoisotopic (exact) mass is 234 g/mol. The summed E-state index contributed by atoms with van der Waals surface area (Å²) in [6.45, 7) is 0.866. The lowest BCUT2D eigenvalue weighted by atomic mass is 10.3. The molecule has 0 aliphatic carbocycles. The van der Waals surface area contributed by atoms with Gasteiger partial charge in [0.05, 0.1) is 5.69 Å². The number of amidine groups is 2. The summed E-state index contributed by atoms with van der Waals surface area (Å²) < 4.78 is 0. The van der Waals surface area contributed by atoms with Gasteiger partial charge >= 0.3 is 0 Å². The number of nitrogens with two attached hydrogens (primary N) is 1. The van der Waals surface area contributed by atoms with Gasteiger partial charge in [0, 0.05) is 13.0 Å². The van der Waals surface area contributed by atoms with Crippen LogP contribution < -0.4 is 10.7 Å². The van der Waals surface area contributed by atoms with Crippen molar-refractivity contribution >= 4 is 28.5 Å². The normalized spacial score (nSPS) is 16.4. The van der Waals surface area contributed by atoms with Crippen LogP contribution in [-0.4, -0.2) is 23.8 Å². The highest BCUT2D eigenvalue weighted by Gasteiger charge is 2.15. The van der Waals surface area contributed by atoms with Crippen molar-refractivity contribution in [3.05, 3.63) is 30.3 Å². The highest BCUT2D eigenvalue weighted by atomic mass is 32.2. The number of aliphatic imine (C=N–C) groups is 1. The average Bonchev–Trinajstić information content (AvgIpc) is 2.78. The lowest BCUT2D eigenvalue weighted by molar-refractivity contribution is 0.922. The van der Waals surface area contributed by atoms with Gasteiger partial charge in [-0.15, -0.1) is 0 Å². The van der Waals surface area contributed by atoms with E-state index in [2.05, 4.69) is 10.1 Å². The maximum atomic E-state index is 5.65. The molecule has 1 aromatic rings. The van der Waals surface area contributed by atoms with Crippen LogP contribution in [0, 0.1) is 0 Å². The Labute approximate surface area is 99.2 Å². The Morgan fingerprint density at radius 1 is 1.44 bits per heavy atom. The molecule has 0 unspecified atom stereocenters. The van der Waals surface area contributed by atoms with Crippen molar-refractivity contribution in [1.29, 1.82) is 0 Å². The van der Waals surface area contributed by atoms with Gasteiger partial charge in [0.2, 0.25) is 0 Å². The minimum absolute atomic E-state index is 0.564. The molecule has 0 spiro atoms. The molecule has 0 bridgehead atoms. The minimum atomic E-state index is 0.564. The topological polar surface area (TPSA) is 54.0 Å². The standard InChI is InChI=1S/C11H14N4S/c1-16-11(12)13-10-7-8-15(14-10)9-5-3-2-4-6-9/h2-6H,7-8H2,1H3,(H2,12,13,14). The largest absolute Gasteiger partial charge is 0.378 e. The summed E-state index contributed by atoms with van der Waals surface area (Å²) in [7, 11) is 0. The Morgan fingerprint density at radius 2 is 2.19 bits per heavy atom. The number of hydrazone groups is 1. The van der Waals surface area contributed by atoms with Crippen LogP contribution in [0.1, 0.15) is 6.42 Å². The van der Waals surface area contributed by atoms with E-state index in [0.717, 1.165) is 24.5 Å². The summed E-state index contributed by atoms with van der Waals surface area (Å²) in [5.41, 5.74) is 6.74. The van der Waals surface area contributed by atoms with Gasteiger partial charge in [0.1, 0.15) is 0 Å². The summed E-state index contributed by atoms with van der Waals surface area (Å²) in [6, 6.07) is 10.1. The molecule has 16 heavy (non-hydrogen) atoms. The molecule has 5 heteroatoms. The van der Waals surface area contributed by atoms with Gasteiger partial charge in [-0.25, -0.2) is 4.99 Å². The van der Waals surface area contributed by atoms with Gasteiger partial charge in [0.25, 0.3) is 0 Å². The molecular formula is C11H14N4S. The van der Waals surface area contributed by atoms with Crippen molar-refractivity contribution in [2.45, 2.75) is 6.42 Å². The van der Waals surface area contributed by atoms with Crippen LogP contribution in [0.2, 0.25) is 0 Å². The van der Waals surface area contributed by atoms with Gasteiger partial charge in [-0.2, -0.15) is 5.10 Å². The second-order valence-electron chi connectivity index (χ2n) is 3.38. The molecule has 0 saturated carbocycles. The number of thioether (sulfide) groups is 1. The fraction of sp³-hybridized carbons (Fsp3) is 0.273. The molecule has 4 nitrogen and oxygen atoms in total. The zero-order chi connectivity index (χ0) is 11.4. The first-order valence-electron chi connectivity index (χ1n) is 5.08. The van der Waals surface area contributed by atoms with E-state index in [1.807, 2.05) is 41.6 Å². The van der Waals surface area contributed by atoms with E-state index in [4.69, 9.17) is 5.73 Å². The molecule has 2 rings (SSSR count). The van der Waals surface area contributed by atoms with E-state index in [1.165, 1.54) is 11.8 Å². The molecule has 84 valence electrons. The Hall–Kier alpha value is -1.49. The summed E-state index contributed by atoms with van der Waals surface area (Å²) in [6.07, 6.45) is 2.75. The molecule has 1 aliphatic heterocycles. The average molecular weight is 234 g/mol. The van der Waals surface area contributed by atoms with E-state index < -0.39 is 0 Å². The van der Waals surface area contributed by atoms with Crippen molar-refractivity contribution < 1.29 is 0 Å². The first-order valence-corrected chi connectivity index (χ1v) is 6.30. The van der Waals surface area contributed by atoms with Gasteiger partial charge in [-0.05, 0) is 18.4 Å². The highest BCUT2D eigenvalue weighted by molar-refractivity contribution is 8.13. The van der Waals surface area contributed by atoms with Crippen molar-refractivity contribution in [3.8, 4) is 0 Å². The number of benzene rings is 1. The third kappa shape index (κ3) is 2.55. The number of anilines is 1. The third-order valence-electron chi connectivity index (χ3n) is 2.29. The molecule has 1 aromatic carbocycles. The Kier molecular flexibility index (Phi) is 3.46. The van der Waals surface area contributed by atoms with Gasteiger partial charge in [0.15, 0.2) is 11.0 Å². The smallest absolute Gasteiger partial charge is 0.160 e. The van der Waals surface area contributed by atoms with Crippen molar-refractivity contribution in [3.63, 3.8) is 0 Å². The molecule has 1 aliphatic rings. The van der Waals surface area contributed by atoms with Crippen LogP contribution in [0.15, 0.2) is 40.4 Å². The van der Waals surface area contributed by atoms with Crippen LogP contribution in [-0.2, 0) is 0 Å². The van der Waals surface area contributed by atoms with E-state index >= 15 is 0 Å². The van der Waals surface area contributed by atoms with E-state index in [0.29, 0.717) is 5.17 Å². The second kappa shape index (κ2) is 5.03. The summed E-state index contributed by atoms with van der Waals surface area (Å²) >= 11 is 1.44. The van der Waals surface area contributed by atoms with Crippen LogP contribution >= 0.6 is 11.8 Å². The SMILES string of the molecule is CSC(N)=NC1=NN(c2ccccc2)CC1.